The van der Waals surface area contributed by atoms with E-state index < -0.39 is 24.0 Å². The molecule has 0 saturated carbocycles. The predicted octanol–water partition coefficient (Wildman–Crippen LogP) is -3.89. The van der Waals surface area contributed by atoms with Gasteiger partial charge in [-0.2, -0.15) is 0 Å². The number of quaternary nitrogens is 1. The second-order valence-electron chi connectivity index (χ2n) is 5.15. The van der Waals surface area contributed by atoms with Crippen LogP contribution in [0.1, 0.15) is 33.1 Å². The van der Waals surface area contributed by atoms with Crippen LogP contribution in [0.4, 0.5) is 0 Å². The molecule has 8 nitrogen and oxygen atoms in total. The third kappa shape index (κ3) is 42.7. The summed E-state index contributed by atoms with van der Waals surface area (Å²) in [4.78, 5) is 28.5. The summed E-state index contributed by atoms with van der Waals surface area (Å²) >= 11 is 0. The summed E-state index contributed by atoms with van der Waals surface area (Å²) < 4.78 is 0.550. The number of carboxylic acid groups (broad SMARTS) is 3. The van der Waals surface area contributed by atoms with Crippen LogP contribution in [0.5, 0.6) is 0 Å². The van der Waals surface area contributed by atoms with E-state index in [1.807, 2.05) is 21.1 Å². The third-order valence-electron chi connectivity index (χ3n) is 1.74. The van der Waals surface area contributed by atoms with Crippen LogP contribution in [0.2, 0.25) is 0 Å². The number of carbonyl (C=O) groups excluding carboxylic acids is 3. The summed E-state index contributed by atoms with van der Waals surface area (Å²) in [6.45, 7) is 3.50. The number of hydrogen-bond donors (Lipinski definition) is 1. The van der Waals surface area contributed by atoms with Crippen molar-refractivity contribution in [1.29, 1.82) is 0 Å². The minimum absolute atomic E-state index is 0. The van der Waals surface area contributed by atoms with Crippen molar-refractivity contribution in [2.24, 2.45) is 0 Å². The van der Waals surface area contributed by atoms with Crippen molar-refractivity contribution in [2.75, 3.05) is 27.7 Å². The number of nitrogens with zero attached hydrogens (tertiary/aromatic N) is 1. The summed E-state index contributed by atoms with van der Waals surface area (Å²) in [5.41, 5.74) is 0. The van der Waals surface area contributed by atoms with Gasteiger partial charge in [0.05, 0.1) is 21.1 Å². The molecule has 0 aromatic heterocycles. The fourth-order valence-electron chi connectivity index (χ4n) is 0.889. The summed E-state index contributed by atoms with van der Waals surface area (Å²) in [5.74, 6) is -3.19. The summed E-state index contributed by atoms with van der Waals surface area (Å²) in [5, 5.41) is 37.7. The number of aliphatic hydroxyl groups excluding tert-OH is 1. The largest absolute Gasteiger partial charge is 2.00 e. The molecule has 0 aliphatic rings. The average molecular weight is 347 g/mol. The maximum absolute atomic E-state index is 10.0. The van der Waals surface area contributed by atoms with Gasteiger partial charge >= 0.3 is 37.7 Å². The Balaban J connectivity index is -0.000000124. The van der Waals surface area contributed by atoms with Crippen molar-refractivity contribution in [3.05, 3.63) is 0 Å². The van der Waals surface area contributed by atoms with Crippen LogP contribution in [0.25, 0.3) is 0 Å². The van der Waals surface area contributed by atoms with Crippen LogP contribution in [0.15, 0.2) is 0 Å². The van der Waals surface area contributed by atoms with Gasteiger partial charge in [-0.15, -0.1) is 0 Å². The molecule has 0 bridgehead atoms. The monoisotopic (exact) mass is 347 g/mol. The van der Waals surface area contributed by atoms with E-state index in [2.05, 4.69) is 0 Å². The second kappa shape index (κ2) is 17.0. The fourth-order valence-corrected chi connectivity index (χ4v) is 0.889. The van der Waals surface area contributed by atoms with E-state index in [4.69, 9.17) is 5.11 Å². The Labute approximate surface area is 161 Å². The molecule has 0 aliphatic carbocycles. The van der Waals surface area contributed by atoms with Gasteiger partial charge in [-0.05, 0) is 12.8 Å². The number of carboxylic acids is 3. The first-order chi connectivity index (χ1) is 9.35. The average Bonchev–Trinajstić information content (AvgIpc) is 2.26. The van der Waals surface area contributed by atoms with E-state index in [0.29, 0.717) is 11.0 Å². The number of hydrogen-bond acceptors (Lipinski definition) is 7. The van der Waals surface area contributed by atoms with Crippen LogP contribution in [0, 0.1) is 0 Å². The second-order valence-corrected chi connectivity index (χ2v) is 5.15. The van der Waals surface area contributed by atoms with Crippen molar-refractivity contribution < 1.29 is 39.3 Å². The molecule has 0 spiro atoms. The summed E-state index contributed by atoms with van der Waals surface area (Å²) in [7, 11) is 5.66. The molecular formula is C13H25CaNO7. The molecule has 22 heavy (non-hydrogen) atoms. The SMILES string of the molecule is CCC(=O)[O-].CCC(=O)[O-].C[N+](C)(C)CC(O)CC(=O)[O-].[Ca+2]. The van der Waals surface area contributed by atoms with Crippen molar-refractivity contribution in [3.63, 3.8) is 0 Å². The van der Waals surface area contributed by atoms with Crippen LogP contribution in [-0.4, -0.2) is 99.0 Å². The first kappa shape index (κ1) is 29.6. The van der Waals surface area contributed by atoms with E-state index in [1.54, 1.807) is 0 Å². The predicted molar refractivity (Wildman–Crippen MR) is 74.9 cm³/mol. The molecule has 9 heteroatoms. The van der Waals surface area contributed by atoms with Gasteiger partial charge in [0.1, 0.15) is 12.6 Å². The molecule has 0 amide bonds. The molecule has 0 radical (unpaired) electrons. The molecular weight excluding hydrogens is 322 g/mol. The molecule has 0 aromatic carbocycles. The summed E-state index contributed by atoms with van der Waals surface area (Å²) in [6, 6.07) is 0. The normalized spacial score (nSPS) is 10.6. The van der Waals surface area contributed by atoms with E-state index in [-0.39, 0.29) is 57.0 Å². The third-order valence-corrected chi connectivity index (χ3v) is 1.74. The molecule has 1 unspecified atom stereocenters. The summed E-state index contributed by atoms with van der Waals surface area (Å²) in [6.07, 6.45) is -0.866. The van der Waals surface area contributed by atoms with Crippen LogP contribution in [-0.2, 0) is 14.4 Å². The quantitative estimate of drug-likeness (QED) is 0.382. The zero-order valence-electron chi connectivity index (χ0n) is 14.0. The molecule has 0 saturated heterocycles. The van der Waals surface area contributed by atoms with Crippen LogP contribution >= 0.6 is 0 Å². The van der Waals surface area contributed by atoms with Gasteiger partial charge in [-0.1, -0.05) is 13.8 Å². The van der Waals surface area contributed by atoms with Gasteiger partial charge in [0.2, 0.25) is 0 Å². The van der Waals surface area contributed by atoms with Crippen molar-refractivity contribution >= 4 is 55.6 Å². The Kier molecular flexibility index (Phi) is 22.8. The number of carbonyl (C=O) groups is 3. The standard InChI is InChI=1S/C7H15NO3.2C3H6O2.Ca/c1-8(2,3)5-6(9)4-7(10)11;2*1-2-3(4)5;/h6,9H,4-5H2,1-3H3;2*2H2,1H3,(H,4,5);/q;;;+2/p-2. The molecule has 1 N–H and O–H groups in total. The Morgan fingerprint density at radius 2 is 1.18 bits per heavy atom. The first-order valence-electron chi connectivity index (χ1n) is 6.43. The topological polar surface area (TPSA) is 141 Å². The number of aliphatic hydroxyl groups is 1. The number of aliphatic carboxylic acids is 3. The molecule has 0 aliphatic heterocycles. The van der Waals surface area contributed by atoms with E-state index >= 15 is 0 Å². The molecule has 1 atom stereocenters. The van der Waals surface area contributed by atoms with Crippen molar-refractivity contribution in [2.45, 2.75) is 39.2 Å². The van der Waals surface area contributed by atoms with Gasteiger partial charge in [-0.3, -0.25) is 0 Å². The maximum Gasteiger partial charge on any atom is 2.00 e. The Morgan fingerprint density at radius 3 is 1.32 bits per heavy atom. The van der Waals surface area contributed by atoms with E-state index in [1.165, 1.54) is 13.8 Å². The van der Waals surface area contributed by atoms with Gasteiger partial charge < -0.3 is 39.3 Å². The van der Waals surface area contributed by atoms with Gasteiger partial charge in [-0.25, -0.2) is 0 Å². The molecule has 0 rings (SSSR count). The Morgan fingerprint density at radius 1 is 0.909 bits per heavy atom. The smallest absolute Gasteiger partial charge is 0.550 e. The molecule has 0 aromatic rings. The van der Waals surface area contributed by atoms with Gasteiger partial charge in [0, 0.05) is 24.3 Å². The van der Waals surface area contributed by atoms with E-state index in [0.717, 1.165) is 0 Å². The minimum Gasteiger partial charge on any atom is -0.550 e. The van der Waals surface area contributed by atoms with Gasteiger partial charge in [0.15, 0.2) is 0 Å². The Hall–Kier alpha value is -0.410. The molecule has 0 fully saturated rings. The maximum atomic E-state index is 10.0. The van der Waals surface area contributed by atoms with Crippen LogP contribution in [0.3, 0.4) is 0 Å². The van der Waals surface area contributed by atoms with Gasteiger partial charge in [0.25, 0.3) is 0 Å². The zero-order valence-corrected chi connectivity index (χ0v) is 16.2. The number of rotatable bonds is 6. The minimum atomic E-state index is -1.20. The fraction of sp³-hybridized carbons (Fsp3) is 0.769. The van der Waals surface area contributed by atoms with Crippen molar-refractivity contribution in [3.8, 4) is 0 Å². The number of likely N-dealkylation sites (N-methyl/N-ethyl adjacent to an activating group) is 1. The van der Waals surface area contributed by atoms with E-state index in [9.17, 15) is 29.7 Å². The van der Waals surface area contributed by atoms with Crippen molar-refractivity contribution in [1.82, 2.24) is 0 Å². The zero-order chi connectivity index (χ0) is 17.6. The molecule has 126 valence electrons. The first-order valence-corrected chi connectivity index (χ1v) is 6.43. The Bertz CT molecular complexity index is 302. The molecule has 0 heterocycles. The van der Waals surface area contributed by atoms with Crippen LogP contribution < -0.4 is 15.3 Å².